The molecule has 0 aliphatic rings. The number of aryl methyl sites for hydroxylation is 1. The molecule has 7 nitrogen and oxygen atoms in total. The average Bonchev–Trinajstić information content (AvgIpc) is 3.02. The molecule has 0 spiro atoms. The largest absolute Gasteiger partial charge is 0.360 e. The quantitative estimate of drug-likeness (QED) is 0.695. The van der Waals surface area contributed by atoms with Crippen LogP contribution in [0.2, 0.25) is 10.0 Å². The van der Waals surface area contributed by atoms with Crippen molar-refractivity contribution in [3.05, 3.63) is 69.7 Å². The Hall–Kier alpha value is -2.90. The molecule has 9 heteroatoms. The summed E-state index contributed by atoms with van der Waals surface area (Å²) in [5.41, 5.74) is 0.704. The zero-order valence-corrected chi connectivity index (χ0v) is 14.9. The third-order valence-electron chi connectivity index (χ3n) is 3.30. The summed E-state index contributed by atoms with van der Waals surface area (Å²) in [6, 6.07) is 9.12. The lowest BCUT2D eigenvalue weighted by molar-refractivity contribution is 0.102. The van der Waals surface area contributed by atoms with E-state index in [1.807, 2.05) is 0 Å². The van der Waals surface area contributed by atoms with Gasteiger partial charge in [-0.3, -0.25) is 14.6 Å². The third kappa shape index (κ3) is 4.19. The van der Waals surface area contributed by atoms with Gasteiger partial charge in [-0.05, 0) is 37.3 Å². The van der Waals surface area contributed by atoms with Crippen LogP contribution in [0.4, 0.5) is 11.5 Å². The van der Waals surface area contributed by atoms with Gasteiger partial charge in [0.1, 0.15) is 11.5 Å². The third-order valence-corrected chi connectivity index (χ3v) is 3.85. The summed E-state index contributed by atoms with van der Waals surface area (Å²) in [6.07, 6.45) is 1.36. The highest BCUT2D eigenvalue weighted by atomic mass is 35.5. The number of carbonyl (C=O) groups is 2. The zero-order chi connectivity index (χ0) is 18.7. The molecule has 132 valence electrons. The van der Waals surface area contributed by atoms with Crippen LogP contribution in [-0.4, -0.2) is 22.0 Å². The number of hydrogen-bond acceptors (Lipinski definition) is 5. The van der Waals surface area contributed by atoms with E-state index in [0.717, 1.165) is 0 Å². The number of nitrogens with zero attached hydrogens (tertiary/aromatic N) is 2. The van der Waals surface area contributed by atoms with Crippen LogP contribution in [0.15, 0.2) is 47.1 Å². The zero-order valence-electron chi connectivity index (χ0n) is 13.4. The van der Waals surface area contributed by atoms with E-state index in [4.69, 9.17) is 27.7 Å². The molecule has 0 saturated carbocycles. The molecule has 0 aliphatic carbocycles. The van der Waals surface area contributed by atoms with Gasteiger partial charge in [-0.1, -0.05) is 28.4 Å². The summed E-state index contributed by atoms with van der Waals surface area (Å²) in [5.74, 6) is -0.140. The standard InChI is InChI=1S/C17H12Cl2N4O3/c1-9-6-15(23-26-9)22-17(25)14-7-10(4-5-20-14)16(24)21-13-3-2-11(18)8-12(13)19/h2-8H,1H3,(H,21,24)(H,22,23,25). The fourth-order valence-corrected chi connectivity index (χ4v) is 2.54. The van der Waals surface area contributed by atoms with Crippen molar-refractivity contribution in [1.29, 1.82) is 0 Å². The summed E-state index contributed by atoms with van der Waals surface area (Å²) in [5, 5.41) is 9.63. The van der Waals surface area contributed by atoms with E-state index < -0.39 is 11.8 Å². The minimum Gasteiger partial charge on any atom is -0.360 e. The Balaban J connectivity index is 1.75. The normalized spacial score (nSPS) is 10.4. The Morgan fingerprint density at radius 1 is 1.04 bits per heavy atom. The summed E-state index contributed by atoms with van der Waals surface area (Å²) in [7, 11) is 0. The van der Waals surface area contributed by atoms with Crippen molar-refractivity contribution in [1.82, 2.24) is 10.1 Å². The van der Waals surface area contributed by atoms with Crippen molar-refractivity contribution < 1.29 is 14.1 Å². The van der Waals surface area contributed by atoms with Gasteiger partial charge in [0.2, 0.25) is 0 Å². The molecule has 3 rings (SSSR count). The first-order valence-electron chi connectivity index (χ1n) is 7.39. The molecule has 26 heavy (non-hydrogen) atoms. The van der Waals surface area contributed by atoms with Crippen LogP contribution < -0.4 is 10.6 Å². The molecule has 0 saturated heterocycles. The van der Waals surface area contributed by atoms with E-state index in [9.17, 15) is 9.59 Å². The fraction of sp³-hybridized carbons (Fsp3) is 0.0588. The van der Waals surface area contributed by atoms with E-state index >= 15 is 0 Å². The van der Waals surface area contributed by atoms with Crippen molar-refractivity contribution in [3.63, 3.8) is 0 Å². The maximum atomic E-state index is 12.4. The highest BCUT2D eigenvalue weighted by Gasteiger charge is 2.14. The van der Waals surface area contributed by atoms with E-state index in [1.165, 1.54) is 24.4 Å². The molecule has 0 atom stereocenters. The van der Waals surface area contributed by atoms with Gasteiger partial charge in [0, 0.05) is 22.8 Å². The summed E-state index contributed by atoms with van der Waals surface area (Å²) in [6.45, 7) is 1.70. The maximum Gasteiger partial charge on any atom is 0.275 e. The number of halogens is 2. The monoisotopic (exact) mass is 390 g/mol. The van der Waals surface area contributed by atoms with Crippen LogP contribution >= 0.6 is 23.2 Å². The predicted molar refractivity (Wildman–Crippen MR) is 97.8 cm³/mol. The molecule has 3 aromatic rings. The van der Waals surface area contributed by atoms with Crippen molar-refractivity contribution in [3.8, 4) is 0 Å². The van der Waals surface area contributed by atoms with Crippen LogP contribution in [-0.2, 0) is 0 Å². The van der Waals surface area contributed by atoms with Gasteiger partial charge in [-0.25, -0.2) is 0 Å². The van der Waals surface area contributed by atoms with Crippen molar-refractivity contribution in [2.24, 2.45) is 0 Å². The minimum absolute atomic E-state index is 0.0560. The second-order valence-electron chi connectivity index (χ2n) is 5.28. The molecule has 1 aromatic carbocycles. The highest BCUT2D eigenvalue weighted by molar-refractivity contribution is 6.36. The van der Waals surface area contributed by atoms with E-state index in [2.05, 4.69) is 20.8 Å². The topological polar surface area (TPSA) is 97.1 Å². The van der Waals surface area contributed by atoms with E-state index in [-0.39, 0.29) is 17.1 Å². The van der Waals surface area contributed by atoms with Crippen molar-refractivity contribution >= 4 is 46.5 Å². The Bertz CT molecular complexity index is 988. The van der Waals surface area contributed by atoms with Gasteiger partial charge in [0.25, 0.3) is 11.8 Å². The Labute approximate surface area is 158 Å². The second-order valence-corrected chi connectivity index (χ2v) is 6.13. The number of rotatable bonds is 4. The molecule has 0 bridgehead atoms. The van der Waals surface area contributed by atoms with Crippen LogP contribution in [0.3, 0.4) is 0 Å². The Morgan fingerprint density at radius 2 is 1.85 bits per heavy atom. The lowest BCUT2D eigenvalue weighted by atomic mass is 10.2. The summed E-state index contributed by atoms with van der Waals surface area (Å²) < 4.78 is 4.88. The number of carbonyl (C=O) groups excluding carboxylic acids is 2. The number of pyridine rings is 1. The molecule has 2 N–H and O–H groups in total. The SMILES string of the molecule is Cc1cc(NC(=O)c2cc(C(=O)Nc3ccc(Cl)cc3Cl)ccn2)no1. The van der Waals surface area contributed by atoms with E-state index in [1.54, 1.807) is 25.1 Å². The van der Waals surface area contributed by atoms with Crippen LogP contribution in [0.25, 0.3) is 0 Å². The molecule has 0 unspecified atom stereocenters. The molecule has 2 amide bonds. The van der Waals surface area contributed by atoms with Gasteiger partial charge in [0.15, 0.2) is 5.82 Å². The summed E-state index contributed by atoms with van der Waals surface area (Å²) in [4.78, 5) is 28.6. The molecule has 0 fully saturated rings. The van der Waals surface area contributed by atoms with Gasteiger partial charge in [0.05, 0.1) is 10.7 Å². The maximum absolute atomic E-state index is 12.4. The molecular formula is C17H12Cl2N4O3. The van der Waals surface area contributed by atoms with Gasteiger partial charge < -0.3 is 15.2 Å². The second kappa shape index (κ2) is 7.55. The fourth-order valence-electron chi connectivity index (χ4n) is 2.09. The first-order valence-corrected chi connectivity index (χ1v) is 8.15. The first kappa shape index (κ1) is 17.9. The van der Waals surface area contributed by atoms with Gasteiger partial charge in [-0.2, -0.15) is 0 Å². The van der Waals surface area contributed by atoms with Gasteiger partial charge in [-0.15, -0.1) is 0 Å². The first-order chi connectivity index (χ1) is 12.4. The molecule has 2 aromatic heterocycles. The number of aromatic nitrogens is 2. The molecule has 2 heterocycles. The smallest absolute Gasteiger partial charge is 0.275 e. The Morgan fingerprint density at radius 3 is 2.54 bits per heavy atom. The molecule has 0 radical (unpaired) electrons. The van der Waals surface area contributed by atoms with Crippen LogP contribution in [0.5, 0.6) is 0 Å². The molecule has 0 aliphatic heterocycles. The number of benzene rings is 1. The number of amides is 2. The summed E-state index contributed by atoms with van der Waals surface area (Å²) >= 11 is 11.9. The average molecular weight is 391 g/mol. The van der Waals surface area contributed by atoms with E-state index in [0.29, 0.717) is 21.5 Å². The van der Waals surface area contributed by atoms with Crippen LogP contribution in [0.1, 0.15) is 26.6 Å². The van der Waals surface area contributed by atoms with Crippen molar-refractivity contribution in [2.75, 3.05) is 10.6 Å². The van der Waals surface area contributed by atoms with Gasteiger partial charge >= 0.3 is 0 Å². The van der Waals surface area contributed by atoms with Crippen LogP contribution in [0, 0.1) is 6.92 Å². The number of anilines is 2. The lowest BCUT2D eigenvalue weighted by Gasteiger charge is -2.08. The minimum atomic E-state index is -0.516. The predicted octanol–water partition coefficient (Wildman–Crippen LogP) is 4.19. The van der Waals surface area contributed by atoms with Crippen molar-refractivity contribution in [2.45, 2.75) is 6.92 Å². The number of nitrogens with one attached hydrogen (secondary N) is 2. The Kier molecular flexibility index (Phi) is 5.20. The molecular weight excluding hydrogens is 379 g/mol. The number of hydrogen-bond donors (Lipinski definition) is 2. The highest BCUT2D eigenvalue weighted by Crippen LogP contribution is 2.25. The lowest BCUT2D eigenvalue weighted by Crippen LogP contribution is -2.17.